The molecule has 0 amide bonds. The quantitative estimate of drug-likeness (QED) is 0.175. The van der Waals surface area contributed by atoms with Gasteiger partial charge in [0.2, 0.25) is 0 Å². The molecule has 2 aliphatic rings. The first kappa shape index (κ1) is 32.7. The molecule has 0 saturated heterocycles. The molecule has 0 N–H and O–H groups in total. The van der Waals surface area contributed by atoms with Crippen LogP contribution in [0.15, 0.2) is 206 Å². The van der Waals surface area contributed by atoms with Crippen molar-refractivity contribution < 1.29 is 0 Å². The van der Waals surface area contributed by atoms with Crippen LogP contribution in [0.1, 0.15) is 22.3 Å². The molecule has 1 unspecified atom stereocenters. The fourth-order valence-electron chi connectivity index (χ4n) is 10.4. The first-order valence-electron chi connectivity index (χ1n) is 20.3. The average molecular weight is 767 g/mol. The summed E-state index contributed by atoms with van der Waals surface area (Å²) in [7, 11) is 0. The maximum absolute atomic E-state index is 5.35. The minimum atomic E-state index is -0.580. The lowest BCUT2D eigenvalue weighted by atomic mass is 9.65. The van der Waals surface area contributed by atoms with Gasteiger partial charge in [0, 0.05) is 31.4 Å². The summed E-state index contributed by atoms with van der Waals surface area (Å²) in [6.45, 7) is 0. The van der Waals surface area contributed by atoms with Crippen LogP contribution in [0.5, 0.6) is 0 Å². The van der Waals surface area contributed by atoms with Crippen molar-refractivity contribution in [2.75, 3.05) is 0 Å². The lowest BCUT2D eigenvalue weighted by molar-refractivity contribution is 0.777. The third-order valence-corrected chi connectivity index (χ3v) is 14.0. The van der Waals surface area contributed by atoms with E-state index in [1.165, 1.54) is 81.4 Å². The number of thiophene rings is 1. The van der Waals surface area contributed by atoms with E-state index in [-0.39, 0.29) is 0 Å². The van der Waals surface area contributed by atoms with Crippen molar-refractivity contribution in [3.8, 4) is 61.6 Å². The fourth-order valence-corrected chi connectivity index (χ4v) is 11.5. The van der Waals surface area contributed by atoms with Crippen molar-refractivity contribution in [2.45, 2.75) is 5.41 Å². The van der Waals surface area contributed by atoms with E-state index in [0.29, 0.717) is 0 Å². The molecule has 0 fully saturated rings. The lowest BCUT2D eigenvalue weighted by Gasteiger charge is -2.35. The summed E-state index contributed by atoms with van der Waals surface area (Å²) >= 11 is 1.90. The van der Waals surface area contributed by atoms with Gasteiger partial charge in [-0.05, 0) is 115 Å². The van der Waals surface area contributed by atoms with E-state index in [1.54, 1.807) is 0 Å². The predicted molar refractivity (Wildman–Crippen MR) is 247 cm³/mol. The van der Waals surface area contributed by atoms with E-state index < -0.39 is 5.41 Å². The third kappa shape index (κ3) is 4.54. The smallest absolute Gasteiger partial charge is 0.145 e. The van der Waals surface area contributed by atoms with E-state index in [0.717, 1.165) is 33.7 Å². The molecule has 0 saturated carbocycles. The molecule has 2 nitrogen and oxygen atoms in total. The average Bonchev–Trinajstić information content (AvgIpc) is 3.94. The second-order valence-corrected chi connectivity index (χ2v) is 16.9. The highest BCUT2D eigenvalue weighted by molar-refractivity contribution is 7.25. The molecule has 2 aliphatic carbocycles. The normalized spacial score (nSPS) is 14.8. The van der Waals surface area contributed by atoms with Gasteiger partial charge in [-0.15, -0.1) is 11.3 Å². The van der Waals surface area contributed by atoms with Crippen LogP contribution in [-0.4, -0.2) is 9.55 Å². The Morgan fingerprint density at radius 1 is 0.373 bits per heavy atom. The number of benzene rings is 9. The van der Waals surface area contributed by atoms with Crippen LogP contribution in [0.25, 0.3) is 92.8 Å². The number of rotatable bonds is 3. The van der Waals surface area contributed by atoms with Gasteiger partial charge in [-0.2, -0.15) is 0 Å². The van der Waals surface area contributed by atoms with Crippen LogP contribution in [0.4, 0.5) is 0 Å². The van der Waals surface area contributed by atoms with Crippen LogP contribution >= 0.6 is 11.3 Å². The molecule has 0 radical (unpaired) electrons. The van der Waals surface area contributed by atoms with E-state index >= 15 is 0 Å². The monoisotopic (exact) mass is 766 g/mol. The van der Waals surface area contributed by atoms with Gasteiger partial charge in [0.05, 0.1) is 16.4 Å². The SMILES string of the molecule is c1ccc(-c2nc3cc(-c4ccc5c(c4)C4(c6ccccc6-c6ccccc6-5)c5ccccc5-c5cc6sc7ccccc7c6cc54)ccc3n2-c2ccccc2)cc1. The standard InChI is InChI=1S/C56H34N2S/c1-3-15-35(16-4-1)55-57-51-32-37(28-30-52(51)58(55)38-17-5-2-6-18-38)36-27-29-43-40-20-8-7-19-39(40)41-21-9-12-24-47(41)56(49(43)31-36)48-25-13-10-22-42(48)45-34-54-46(33-50(45)56)44-23-11-14-26-53(44)59-54/h1-34H. The van der Waals surface area contributed by atoms with Crippen LogP contribution in [0.2, 0.25) is 0 Å². The Labute approximate surface area is 346 Å². The van der Waals surface area contributed by atoms with Crippen molar-refractivity contribution in [3.05, 3.63) is 229 Å². The van der Waals surface area contributed by atoms with Crippen LogP contribution in [0.3, 0.4) is 0 Å². The molecular formula is C56H34N2S. The van der Waals surface area contributed by atoms with Crippen LogP contribution < -0.4 is 0 Å². The first-order chi connectivity index (χ1) is 29.3. The Morgan fingerprint density at radius 3 is 1.71 bits per heavy atom. The number of imidazole rings is 1. The minimum Gasteiger partial charge on any atom is -0.292 e. The summed E-state index contributed by atoms with van der Waals surface area (Å²) in [5, 5.41) is 2.64. The molecule has 11 aromatic rings. The fraction of sp³-hybridized carbons (Fsp3) is 0.0179. The van der Waals surface area contributed by atoms with Crippen molar-refractivity contribution in [3.63, 3.8) is 0 Å². The molecule has 0 bridgehead atoms. The summed E-state index contributed by atoms with van der Waals surface area (Å²) in [6, 6.07) is 76.4. The number of aromatic nitrogens is 2. The van der Waals surface area contributed by atoms with Crippen molar-refractivity contribution in [2.24, 2.45) is 0 Å². The van der Waals surface area contributed by atoms with Gasteiger partial charge in [0.25, 0.3) is 0 Å². The second-order valence-electron chi connectivity index (χ2n) is 15.8. The van der Waals surface area contributed by atoms with Gasteiger partial charge >= 0.3 is 0 Å². The van der Waals surface area contributed by atoms with Crippen LogP contribution in [-0.2, 0) is 5.41 Å². The Kier molecular flexibility index (Phi) is 6.84. The molecule has 2 heterocycles. The molecule has 1 spiro atoms. The predicted octanol–water partition coefficient (Wildman–Crippen LogP) is 14.7. The highest BCUT2D eigenvalue weighted by Gasteiger charge is 2.50. The molecule has 9 aromatic carbocycles. The zero-order valence-electron chi connectivity index (χ0n) is 31.9. The number of hydrogen-bond acceptors (Lipinski definition) is 2. The molecule has 13 rings (SSSR count). The molecule has 2 aromatic heterocycles. The number of fused-ring (bicyclic) bond motifs is 16. The highest BCUT2D eigenvalue weighted by atomic mass is 32.1. The number of nitrogens with zero attached hydrogens (tertiary/aromatic N) is 2. The molecule has 59 heavy (non-hydrogen) atoms. The van der Waals surface area contributed by atoms with Gasteiger partial charge in [0.1, 0.15) is 5.82 Å². The lowest BCUT2D eigenvalue weighted by Crippen LogP contribution is -2.29. The summed E-state index contributed by atoms with van der Waals surface area (Å²) in [5.41, 5.74) is 19.0. The molecular weight excluding hydrogens is 733 g/mol. The van der Waals surface area contributed by atoms with E-state index in [9.17, 15) is 0 Å². The van der Waals surface area contributed by atoms with E-state index in [2.05, 4.69) is 211 Å². The van der Waals surface area contributed by atoms with Gasteiger partial charge < -0.3 is 0 Å². The topological polar surface area (TPSA) is 17.8 Å². The molecule has 0 aliphatic heterocycles. The highest BCUT2D eigenvalue weighted by Crippen LogP contribution is 2.62. The van der Waals surface area contributed by atoms with Crippen molar-refractivity contribution >= 4 is 42.5 Å². The Balaban J connectivity index is 1.12. The first-order valence-corrected chi connectivity index (χ1v) is 21.1. The summed E-state index contributed by atoms with van der Waals surface area (Å²) in [6.07, 6.45) is 0. The second kappa shape index (κ2) is 12.3. The largest absolute Gasteiger partial charge is 0.292 e. The zero-order valence-corrected chi connectivity index (χ0v) is 32.7. The number of para-hydroxylation sites is 1. The summed E-state index contributed by atoms with van der Waals surface area (Å²) in [4.78, 5) is 5.35. The maximum Gasteiger partial charge on any atom is 0.145 e. The number of hydrogen-bond donors (Lipinski definition) is 0. The van der Waals surface area contributed by atoms with Gasteiger partial charge in [0.15, 0.2) is 0 Å². The Hall–Kier alpha value is -7.33. The Morgan fingerprint density at radius 2 is 0.949 bits per heavy atom. The molecule has 274 valence electrons. The third-order valence-electron chi connectivity index (χ3n) is 12.8. The van der Waals surface area contributed by atoms with Gasteiger partial charge in [-0.3, -0.25) is 4.57 Å². The summed E-state index contributed by atoms with van der Waals surface area (Å²) in [5.74, 6) is 0.935. The van der Waals surface area contributed by atoms with Crippen LogP contribution in [0, 0.1) is 0 Å². The van der Waals surface area contributed by atoms with E-state index in [4.69, 9.17) is 4.98 Å². The zero-order chi connectivity index (χ0) is 38.7. The van der Waals surface area contributed by atoms with Crippen molar-refractivity contribution in [1.82, 2.24) is 9.55 Å². The molecule has 3 heteroatoms. The molecule has 1 atom stereocenters. The van der Waals surface area contributed by atoms with Gasteiger partial charge in [-0.25, -0.2) is 4.98 Å². The van der Waals surface area contributed by atoms with Crippen molar-refractivity contribution in [1.29, 1.82) is 0 Å². The Bertz CT molecular complexity index is 3500. The van der Waals surface area contributed by atoms with Gasteiger partial charge in [-0.1, -0.05) is 158 Å². The minimum absolute atomic E-state index is 0.580. The summed E-state index contributed by atoms with van der Waals surface area (Å²) < 4.78 is 4.94. The van der Waals surface area contributed by atoms with E-state index in [1.807, 2.05) is 11.3 Å². The maximum atomic E-state index is 5.35.